The molecule has 0 fully saturated rings. The third-order valence-corrected chi connectivity index (χ3v) is 2.60. The molecule has 0 aliphatic carbocycles. The summed E-state index contributed by atoms with van der Waals surface area (Å²) in [6, 6.07) is 8.34. The lowest BCUT2D eigenvalue weighted by Gasteiger charge is -1.97. The van der Waals surface area contributed by atoms with Crippen LogP contribution in [0.3, 0.4) is 0 Å². The summed E-state index contributed by atoms with van der Waals surface area (Å²) in [4.78, 5) is 30.9. The predicted molar refractivity (Wildman–Crippen MR) is 77.1 cm³/mol. The third kappa shape index (κ3) is 5.05. The number of hydrogen-bond donors (Lipinski definition) is 5. The molecule has 0 amide bonds. The van der Waals surface area contributed by atoms with Crippen molar-refractivity contribution in [3.05, 3.63) is 59.2 Å². The molecule has 0 spiro atoms. The monoisotopic (exact) mass is 320 g/mol. The predicted octanol–water partition coefficient (Wildman–Crippen LogP) is 1.88. The largest absolute Gasteiger partial charge is 0.504 e. The second kappa shape index (κ2) is 7.46. The molecule has 0 saturated carbocycles. The smallest absolute Gasteiger partial charge is 0.335 e. The number of carboxylic acids is 3. The molecule has 120 valence electrons. The summed E-state index contributed by atoms with van der Waals surface area (Å²) in [5.74, 6) is -4.01. The number of phenols is 2. The summed E-state index contributed by atoms with van der Waals surface area (Å²) in [5, 5.41) is 43.0. The Labute approximate surface area is 129 Å². The van der Waals surface area contributed by atoms with Crippen molar-refractivity contribution in [1.29, 1.82) is 0 Å². The highest BCUT2D eigenvalue weighted by atomic mass is 16.4. The van der Waals surface area contributed by atoms with E-state index in [9.17, 15) is 14.4 Å². The van der Waals surface area contributed by atoms with E-state index >= 15 is 0 Å². The molecule has 8 nitrogen and oxygen atoms in total. The van der Waals surface area contributed by atoms with Crippen LogP contribution in [-0.2, 0) is 0 Å². The van der Waals surface area contributed by atoms with E-state index in [1.165, 1.54) is 30.3 Å². The van der Waals surface area contributed by atoms with E-state index in [0.29, 0.717) is 0 Å². The molecule has 0 radical (unpaired) electrons. The molecule has 2 aromatic rings. The first kappa shape index (κ1) is 17.5. The molecule has 0 saturated heterocycles. The lowest BCUT2D eigenvalue weighted by atomic mass is 10.1. The molecule has 5 N–H and O–H groups in total. The van der Waals surface area contributed by atoms with Crippen LogP contribution in [0, 0.1) is 0 Å². The average molecular weight is 320 g/mol. The number of carboxylic acid groups (broad SMARTS) is 3. The first-order chi connectivity index (χ1) is 10.7. The summed E-state index contributed by atoms with van der Waals surface area (Å²) >= 11 is 0. The van der Waals surface area contributed by atoms with Crippen molar-refractivity contribution in [1.82, 2.24) is 0 Å². The van der Waals surface area contributed by atoms with Crippen LogP contribution in [0.15, 0.2) is 42.5 Å². The second-order valence-corrected chi connectivity index (χ2v) is 4.20. The number of benzene rings is 2. The molecule has 0 bridgehead atoms. The lowest BCUT2D eigenvalue weighted by Crippen LogP contribution is -1.99. The first-order valence-electron chi connectivity index (χ1n) is 6.04. The van der Waals surface area contributed by atoms with Crippen LogP contribution in [0.1, 0.15) is 31.1 Å². The van der Waals surface area contributed by atoms with E-state index in [-0.39, 0.29) is 22.4 Å². The topological polar surface area (TPSA) is 152 Å². The molecule has 2 rings (SSSR count). The first-order valence-corrected chi connectivity index (χ1v) is 6.04. The van der Waals surface area contributed by atoms with Crippen molar-refractivity contribution in [2.45, 2.75) is 0 Å². The molecule has 2 aromatic carbocycles. The van der Waals surface area contributed by atoms with Crippen LogP contribution in [0.5, 0.6) is 11.5 Å². The number of aromatic hydroxyl groups is 2. The summed E-state index contributed by atoms with van der Waals surface area (Å²) in [7, 11) is 0. The van der Waals surface area contributed by atoms with E-state index in [0.717, 1.165) is 12.1 Å². The van der Waals surface area contributed by atoms with Gasteiger partial charge in [-0.2, -0.15) is 0 Å². The highest BCUT2D eigenvalue weighted by molar-refractivity contribution is 5.91. The van der Waals surface area contributed by atoms with Gasteiger partial charge in [0.2, 0.25) is 0 Å². The fraction of sp³-hybridized carbons (Fsp3) is 0. The molecular weight excluding hydrogens is 308 g/mol. The highest BCUT2D eigenvalue weighted by Crippen LogP contribution is 2.24. The fourth-order valence-electron chi connectivity index (χ4n) is 1.41. The van der Waals surface area contributed by atoms with Gasteiger partial charge in [0.1, 0.15) is 0 Å². The van der Waals surface area contributed by atoms with Crippen LogP contribution in [-0.4, -0.2) is 43.4 Å². The maximum Gasteiger partial charge on any atom is 0.335 e. The van der Waals surface area contributed by atoms with Crippen LogP contribution < -0.4 is 0 Å². The van der Waals surface area contributed by atoms with Gasteiger partial charge in [-0.05, 0) is 42.5 Å². The van der Waals surface area contributed by atoms with Gasteiger partial charge in [0.05, 0.1) is 16.7 Å². The lowest BCUT2D eigenvalue weighted by molar-refractivity contribution is 0.0681. The van der Waals surface area contributed by atoms with Crippen molar-refractivity contribution < 1.29 is 39.9 Å². The van der Waals surface area contributed by atoms with Gasteiger partial charge in [-0.1, -0.05) is 0 Å². The van der Waals surface area contributed by atoms with E-state index < -0.39 is 23.7 Å². The standard InChI is InChI=1S/C8H6O4.C7H6O4/c9-7(10)5-1-2-6(4-3-5)8(11)12;8-5-2-1-4(7(10)11)3-6(5)9/h1-4H,(H,9,10)(H,11,12);1-3,8-9H,(H,10,11). The Morgan fingerprint density at radius 3 is 1.22 bits per heavy atom. The summed E-state index contributed by atoms with van der Waals surface area (Å²) in [6.45, 7) is 0. The minimum Gasteiger partial charge on any atom is -0.504 e. The molecule has 0 atom stereocenters. The molecule has 8 heteroatoms. The summed E-state index contributed by atoms with van der Waals surface area (Å²) in [5.41, 5.74) is 0.111. The summed E-state index contributed by atoms with van der Waals surface area (Å²) < 4.78 is 0. The molecular formula is C15H12O8. The van der Waals surface area contributed by atoms with Gasteiger partial charge < -0.3 is 25.5 Å². The Morgan fingerprint density at radius 1 is 0.565 bits per heavy atom. The van der Waals surface area contributed by atoms with E-state index in [2.05, 4.69) is 0 Å². The average Bonchev–Trinajstić information content (AvgIpc) is 2.50. The van der Waals surface area contributed by atoms with Gasteiger partial charge >= 0.3 is 17.9 Å². The Balaban J connectivity index is 0.000000231. The van der Waals surface area contributed by atoms with Gasteiger partial charge in [0, 0.05) is 0 Å². The van der Waals surface area contributed by atoms with E-state index in [1.807, 2.05) is 0 Å². The quantitative estimate of drug-likeness (QED) is 0.537. The third-order valence-electron chi connectivity index (χ3n) is 2.60. The van der Waals surface area contributed by atoms with Crippen LogP contribution in [0.2, 0.25) is 0 Å². The fourth-order valence-corrected chi connectivity index (χ4v) is 1.41. The second-order valence-electron chi connectivity index (χ2n) is 4.20. The Hall–Kier alpha value is -3.55. The number of phenolic OH excluding ortho intramolecular Hbond substituents is 2. The molecule has 0 aromatic heterocycles. The molecule has 0 aliphatic heterocycles. The van der Waals surface area contributed by atoms with Crippen molar-refractivity contribution in [2.24, 2.45) is 0 Å². The van der Waals surface area contributed by atoms with Gasteiger partial charge in [0.25, 0.3) is 0 Å². The maximum absolute atomic E-state index is 10.3. The minimum atomic E-state index is -1.14. The van der Waals surface area contributed by atoms with Gasteiger partial charge in [-0.25, -0.2) is 14.4 Å². The zero-order valence-corrected chi connectivity index (χ0v) is 11.5. The van der Waals surface area contributed by atoms with Crippen molar-refractivity contribution in [2.75, 3.05) is 0 Å². The number of aromatic carboxylic acids is 3. The zero-order chi connectivity index (χ0) is 17.6. The van der Waals surface area contributed by atoms with Gasteiger partial charge in [-0.15, -0.1) is 0 Å². The highest BCUT2D eigenvalue weighted by Gasteiger charge is 2.06. The molecule has 23 heavy (non-hydrogen) atoms. The van der Waals surface area contributed by atoms with Crippen molar-refractivity contribution in [3.8, 4) is 11.5 Å². The normalized spacial score (nSPS) is 9.39. The van der Waals surface area contributed by atoms with Gasteiger partial charge in [0.15, 0.2) is 11.5 Å². The minimum absolute atomic E-state index is 0.0553. The van der Waals surface area contributed by atoms with Crippen LogP contribution in [0.4, 0.5) is 0 Å². The SMILES string of the molecule is O=C(O)c1ccc(C(=O)O)cc1.O=C(O)c1ccc(O)c(O)c1. The Kier molecular flexibility index (Phi) is 5.67. The Bertz CT molecular complexity index is 701. The molecule has 0 aliphatic rings. The van der Waals surface area contributed by atoms with Gasteiger partial charge in [-0.3, -0.25) is 0 Å². The molecule has 0 unspecified atom stereocenters. The van der Waals surface area contributed by atoms with Crippen molar-refractivity contribution in [3.63, 3.8) is 0 Å². The zero-order valence-electron chi connectivity index (χ0n) is 11.5. The molecule has 0 heterocycles. The maximum atomic E-state index is 10.3. The number of hydrogen-bond acceptors (Lipinski definition) is 5. The number of rotatable bonds is 3. The van der Waals surface area contributed by atoms with Crippen molar-refractivity contribution >= 4 is 17.9 Å². The van der Waals surface area contributed by atoms with Crippen LogP contribution in [0.25, 0.3) is 0 Å². The summed E-state index contributed by atoms with van der Waals surface area (Å²) in [6.07, 6.45) is 0. The van der Waals surface area contributed by atoms with E-state index in [4.69, 9.17) is 25.5 Å². The Morgan fingerprint density at radius 2 is 0.913 bits per heavy atom. The van der Waals surface area contributed by atoms with E-state index in [1.54, 1.807) is 0 Å². The van der Waals surface area contributed by atoms with Crippen LogP contribution >= 0.6 is 0 Å². The number of carbonyl (C=O) groups is 3.